The van der Waals surface area contributed by atoms with Crippen LogP contribution in [-0.4, -0.2) is 20.6 Å². The Morgan fingerprint density at radius 3 is 2.76 bits per heavy atom. The van der Waals surface area contributed by atoms with Crippen molar-refractivity contribution in [2.24, 2.45) is 11.8 Å². The molecule has 2 N–H and O–H groups in total. The van der Waals surface area contributed by atoms with Gasteiger partial charge in [0.15, 0.2) is 0 Å². The Kier molecular flexibility index (Phi) is 3.16. The van der Waals surface area contributed by atoms with E-state index in [-0.39, 0.29) is 11.1 Å². The van der Waals surface area contributed by atoms with Crippen LogP contribution in [0.5, 0.6) is 0 Å². The zero-order valence-electron chi connectivity index (χ0n) is 11.6. The number of nitrogens with zero attached hydrogens (tertiary/aromatic N) is 1. The molecule has 1 aromatic heterocycles. The van der Waals surface area contributed by atoms with E-state index >= 15 is 0 Å². The number of para-hydroxylation sites is 1. The number of carboxylic acids is 1. The lowest BCUT2D eigenvalue weighted by molar-refractivity contribution is 0.0699. The standard InChI is InChI=1S/C15H16N2O4/c1-8(9-5-6-9)7-17-11-4-2-3-10(15(20)21)12(11)16-13(18)14(17)19/h2-4,8-9H,5-7H2,1H3,(H,16,18)(H,20,21). The molecule has 6 heteroatoms. The highest BCUT2D eigenvalue weighted by Gasteiger charge is 2.28. The van der Waals surface area contributed by atoms with Gasteiger partial charge in [-0.25, -0.2) is 4.79 Å². The number of carboxylic acid groups (broad SMARTS) is 1. The van der Waals surface area contributed by atoms with E-state index in [1.807, 2.05) is 0 Å². The summed E-state index contributed by atoms with van der Waals surface area (Å²) in [6, 6.07) is 4.67. The Bertz CT molecular complexity index is 830. The van der Waals surface area contributed by atoms with Crippen LogP contribution >= 0.6 is 0 Å². The summed E-state index contributed by atoms with van der Waals surface area (Å²) < 4.78 is 1.41. The molecule has 1 fully saturated rings. The number of hydrogen-bond donors (Lipinski definition) is 2. The third kappa shape index (κ3) is 2.37. The monoisotopic (exact) mass is 288 g/mol. The Morgan fingerprint density at radius 2 is 2.14 bits per heavy atom. The average molecular weight is 288 g/mol. The van der Waals surface area contributed by atoms with Crippen LogP contribution in [0.1, 0.15) is 30.1 Å². The number of H-pyrrole nitrogens is 1. The number of aromatic nitrogens is 2. The van der Waals surface area contributed by atoms with Crippen LogP contribution in [0.25, 0.3) is 11.0 Å². The highest BCUT2D eigenvalue weighted by atomic mass is 16.4. The molecule has 1 aliphatic carbocycles. The third-order valence-electron chi connectivity index (χ3n) is 4.14. The molecule has 0 saturated heterocycles. The fraction of sp³-hybridized carbons (Fsp3) is 0.400. The zero-order valence-corrected chi connectivity index (χ0v) is 11.6. The van der Waals surface area contributed by atoms with Crippen molar-refractivity contribution in [2.45, 2.75) is 26.3 Å². The number of nitrogens with one attached hydrogen (secondary N) is 1. The van der Waals surface area contributed by atoms with Crippen molar-refractivity contribution in [2.75, 3.05) is 0 Å². The normalized spacial score (nSPS) is 16.0. The highest BCUT2D eigenvalue weighted by molar-refractivity contribution is 6.00. The van der Waals surface area contributed by atoms with E-state index in [1.165, 1.54) is 10.6 Å². The van der Waals surface area contributed by atoms with Crippen molar-refractivity contribution >= 4 is 17.0 Å². The predicted molar refractivity (Wildman–Crippen MR) is 77.7 cm³/mol. The van der Waals surface area contributed by atoms with Crippen LogP contribution in [0.4, 0.5) is 0 Å². The molecule has 0 bridgehead atoms. The third-order valence-corrected chi connectivity index (χ3v) is 4.14. The number of aromatic carboxylic acids is 1. The minimum absolute atomic E-state index is 0.00238. The molecule has 3 rings (SSSR count). The SMILES string of the molecule is CC(Cn1c(=O)c(=O)[nH]c2c(C(=O)O)cccc21)C1CC1. The van der Waals surface area contributed by atoms with Gasteiger partial charge in [-0.05, 0) is 36.8 Å². The summed E-state index contributed by atoms with van der Waals surface area (Å²) in [7, 11) is 0. The van der Waals surface area contributed by atoms with Crippen LogP contribution in [-0.2, 0) is 6.54 Å². The van der Waals surface area contributed by atoms with Crippen molar-refractivity contribution in [3.8, 4) is 0 Å². The second-order valence-corrected chi connectivity index (χ2v) is 5.69. The molecule has 1 aliphatic rings. The summed E-state index contributed by atoms with van der Waals surface area (Å²) in [6.45, 7) is 2.49. The van der Waals surface area contributed by atoms with Crippen molar-refractivity contribution in [1.29, 1.82) is 0 Å². The lowest BCUT2D eigenvalue weighted by Gasteiger charge is -2.15. The first-order valence-corrected chi connectivity index (χ1v) is 6.98. The van der Waals surface area contributed by atoms with Crippen molar-refractivity contribution < 1.29 is 9.90 Å². The van der Waals surface area contributed by atoms with Crippen LogP contribution in [0.2, 0.25) is 0 Å². The van der Waals surface area contributed by atoms with Crippen molar-refractivity contribution in [3.05, 3.63) is 44.5 Å². The van der Waals surface area contributed by atoms with E-state index in [1.54, 1.807) is 12.1 Å². The molecule has 2 aromatic rings. The minimum Gasteiger partial charge on any atom is -0.478 e. The summed E-state index contributed by atoms with van der Waals surface area (Å²) in [6.07, 6.45) is 2.30. The molecule has 1 unspecified atom stereocenters. The number of carbonyl (C=O) groups is 1. The van der Waals surface area contributed by atoms with Gasteiger partial charge in [-0.15, -0.1) is 0 Å². The highest BCUT2D eigenvalue weighted by Crippen LogP contribution is 2.37. The lowest BCUT2D eigenvalue weighted by Crippen LogP contribution is -2.38. The van der Waals surface area contributed by atoms with Gasteiger partial charge < -0.3 is 14.7 Å². The maximum Gasteiger partial charge on any atom is 0.337 e. The maximum atomic E-state index is 12.1. The number of aromatic amines is 1. The Hall–Kier alpha value is -2.37. The molecule has 110 valence electrons. The smallest absolute Gasteiger partial charge is 0.337 e. The van der Waals surface area contributed by atoms with Gasteiger partial charge in [-0.1, -0.05) is 13.0 Å². The van der Waals surface area contributed by atoms with Gasteiger partial charge in [0.25, 0.3) is 0 Å². The topological polar surface area (TPSA) is 92.2 Å². The van der Waals surface area contributed by atoms with Gasteiger partial charge in [0.2, 0.25) is 0 Å². The van der Waals surface area contributed by atoms with Gasteiger partial charge in [-0.3, -0.25) is 9.59 Å². The largest absolute Gasteiger partial charge is 0.478 e. The van der Waals surface area contributed by atoms with Gasteiger partial charge >= 0.3 is 17.1 Å². The van der Waals surface area contributed by atoms with Gasteiger partial charge in [-0.2, -0.15) is 0 Å². The van der Waals surface area contributed by atoms with E-state index in [4.69, 9.17) is 0 Å². The summed E-state index contributed by atoms with van der Waals surface area (Å²) in [4.78, 5) is 37.6. The lowest BCUT2D eigenvalue weighted by atomic mass is 10.1. The first-order valence-electron chi connectivity index (χ1n) is 6.98. The molecular weight excluding hydrogens is 272 g/mol. The molecule has 0 amide bonds. The minimum atomic E-state index is -1.13. The number of rotatable bonds is 4. The summed E-state index contributed by atoms with van der Waals surface area (Å²) in [5.74, 6) is -0.244. The molecule has 0 radical (unpaired) electrons. The molecule has 1 saturated carbocycles. The molecule has 21 heavy (non-hydrogen) atoms. The Balaban J connectivity index is 2.24. The van der Waals surface area contributed by atoms with Crippen LogP contribution in [0, 0.1) is 11.8 Å². The van der Waals surface area contributed by atoms with E-state index in [0.717, 1.165) is 12.8 Å². The van der Waals surface area contributed by atoms with E-state index in [2.05, 4.69) is 11.9 Å². The van der Waals surface area contributed by atoms with Crippen molar-refractivity contribution in [1.82, 2.24) is 9.55 Å². The molecule has 1 atom stereocenters. The van der Waals surface area contributed by atoms with Gasteiger partial charge in [0.05, 0.1) is 16.6 Å². The molecular formula is C15H16N2O4. The molecule has 1 heterocycles. The number of hydrogen-bond acceptors (Lipinski definition) is 3. The second-order valence-electron chi connectivity index (χ2n) is 5.69. The maximum absolute atomic E-state index is 12.1. The first-order chi connectivity index (χ1) is 9.99. The van der Waals surface area contributed by atoms with Gasteiger partial charge in [0.1, 0.15) is 0 Å². The second kappa shape index (κ2) is 4.87. The number of benzene rings is 1. The van der Waals surface area contributed by atoms with Crippen LogP contribution in [0.3, 0.4) is 0 Å². The zero-order chi connectivity index (χ0) is 15.1. The van der Waals surface area contributed by atoms with Crippen molar-refractivity contribution in [3.63, 3.8) is 0 Å². The van der Waals surface area contributed by atoms with E-state index in [0.29, 0.717) is 23.9 Å². The predicted octanol–water partition coefficient (Wildman–Crippen LogP) is 1.43. The summed E-state index contributed by atoms with van der Waals surface area (Å²) in [5, 5.41) is 9.20. The number of fused-ring (bicyclic) bond motifs is 1. The average Bonchev–Trinajstić information content (AvgIpc) is 3.27. The summed E-state index contributed by atoms with van der Waals surface area (Å²) >= 11 is 0. The first kappa shape index (κ1) is 13.6. The van der Waals surface area contributed by atoms with Crippen LogP contribution in [0.15, 0.2) is 27.8 Å². The molecule has 0 aliphatic heterocycles. The molecule has 6 nitrogen and oxygen atoms in total. The molecule has 0 spiro atoms. The van der Waals surface area contributed by atoms with Crippen LogP contribution < -0.4 is 11.1 Å². The van der Waals surface area contributed by atoms with E-state index < -0.39 is 17.1 Å². The summed E-state index contributed by atoms with van der Waals surface area (Å²) in [5.41, 5.74) is -0.737. The van der Waals surface area contributed by atoms with Gasteiger partial charge in [0, 0.05) is 6.54 Å². The molecule has 1 aromatic carbocycles. The van der Waals surface area contributed by atoms with E-state index in [9.17, 15) is 19.5 Å². The quantitative estimate of drug-likeness (QED) is 0.832. The Morgan fingerprint density at radius 1 is 1.43 bits per heavy atom. The Labute approximate surface area is 120 Å². The fourth-order valence-electron chi connectivity index (χ4n) is 2.76. The fourth-order valence-corrected chi connectivity index (χ4v) is 2.76.